The van der Waals surface area contributed by atoms with Crippen molar-refractivity contribution in [2.75, 3.05) is 0 Å². The summed E-state index contributed by atoms with van der Waals surface area (Å²) in [6, 6.07) is 10.7. The van der Waals surface area contributed by atoms with Crippen molar-refractivity contribution in [2.45, 2.75) is 24.1 Å². The first-order valence-corrected chi connectivity index (χ1v) is 5.48. The Kier molecular flexibility index (Phi) is 2.50. The van der Waals surface area contributed by atoms with E-state index in [1.807, 2.05) is 0 Å². The fraction of sp³-hybridized carbons (Fsp3) is 0.455. The summed E-state index contributed by atoms with van der Waals surface area (Å²) < 4.78 is 0. The second-order valence-electron chi connectivity index (χ2n) is 3.50. The Labute approximate surface area is 82.1 Å². The molecular weight excluding hydrogens is 212 g/mol. The summed E-state index contributed by atoms with van der Waals surface area (Å²) in [6.45, 7) is 0. The summed E-state index contributed by atoms with van der Waals surface area (Å²) in [4.78, 5) is 0.590. The minimum absolute atomic E-state index is 0.590. The van der Waals surface area contributed by atoms with E-state index >= 15 is 0 Å². The smallest absolute Gasteiger partial charge is 0.0423 e. The summed E-state index contributed by atoms with van der Waals surface area (Å²) in [6.07, 6.45) is 4.20. The predicted molar refractivity (Wildman–Crippen MR) is 55.5 cm³/mol. The fourth-order valence-electron chi connectivity index (χ4n) is 1.64. The minimum atomic E-state index is 0.590. The molecule has 1 saturated carbocycles. The molecule has 0 aliphatic heterocycles. The van der Waals surface area contributed by atoms with Crippen molar-refractivity contribution >= 4 is 15.9 Å². The lowest BCUT2D eigenvalue weighted by Gasteiger charge is -2.30. The third kappa shape index (κ3) is 1.56. The monoisotopic (exact) mass is 224 g/mol. The second-order valence-corrected chi connectivity index (χ2v) is 4.49. The highest BCUT2D eigenvalue weighted by atomic mass is 79.9. The van der Waals surface area contributed by atoms with E-state index in [1.165, 1.54) is 24.8 Å². The number of hydrogen-bond acceptors (Lipinski definition) is 0. The average Bonchev–Trinajstić information content (AvgIpc) is 2.03. The average molecular weight is 225 g/mol. The van der Waals surface area contributed by atoms with Gasteiger partial charge in [0.15, 0.2) is 0 Å². The first kappa shape index (κ1) is 8.31. The molecule has 1 aromatic carbocycles. The normalized spacial score (nSPS) is 20.1. The van der Waals surface area contributed by atoms with Gasteiger partial charge in [0.2, 0.25) is 0 Å². The lowest BCUT2D eigenvalue weighted by atomic mass is 9.81. The van der Waals surface area contributed by atoms with Crippen LogP contribution in [0.3, 0.4) is 0 Å². The predicted octanol–water partition coefficient (Wildman–Crippen LogP) is 3.92. The molecule has 12 heavy (non-hydrogen) atoms. The second kappa shape index (κ2) is 3.61. The number of rotatable bonds is 2. The molecule has 1 aliphatic rings. The van der Waals surface area contributed by atoms with E-state index in [-0.39, 0.29) is 0 Å². The molecule has 1 fully saturated rings. The maximum atomic E-state index is 3.76. The maximum Gasteiger partial charge on any atom is 0.0423 e. The summed E-state index contributed by atoms with van der Waals surface area (Å²) >= 11 is 3.76. The van der Waals surface area contributed by atoms with Crippen LogP contribution in [-0.4, -0.2) is 0 Å². The molecule has 1 unspecified atom stereocenters. The highest BCUT2D eigenvalue weighted by Crippen LogP contribution is 2.42. The Morgan fingerprint density at radius 3 is 2.33 bits per heavy atom. The quantitative estimate of drug-likeness (QED) is 0.669. The Balaban J connectivity index is 2.08. The molecule has 0 aromatic heterocycles. The van der Waals surface area contributed by atoms with Gasteiger partial charge in [0, 0.05) is 4.83 Å². The van der Waals surface area contributed by atoms with Crippen LogP contribution in [0.15, 0.2) is 30.3 Å². The summed E-state index contributed by atoms with van der Waals surface area (Å²) in [5.74, 6) is 0.882. The summed E-state index contributed by atoms with van der Waals surface area (Å²) in [5.41, 5.74) is 1.43. The standard InChI is InChI=1S/C11H13Br/c12-11(10-7-4-8-10)9-5-2-1-3-6-9/h1-3,5-6,10-11H,4,7-8H2. The van der Waals surface area contributed by atoms with E-state index in [1.54, 1.807) is 0 Å². The molecular formula is C11H13Br. The van der Waals surface area contributed by atoms with Crippen LogP contribution in [0.4, 0.5) is 0 Å². The van der Waals surface area contributed by atoms with Gasteiger partial charge in [-0.15, -0.1) is 0 Å². The molecule has 0 nitrogen and oxygen atoms in total. The molecule has 1 atom stereocenters. The highest BCUT2D eigenvalue weighted by molar-refractivity contribution is 9.09. The van der Waals surface area contributed by atoms with E-state index in [2.05, 4.69) is 46.3 Å². The van der Waals surface area contributed by atoms with Gasteiger partial charge >= 0.3 is 0 Å². The van der Waals surface area contributed by atoms with Crippen LogP contribution < -0.4 is 0 Å². The zero-order chi connectivity index (χ0) is 8.39. The molecule has 0 bridgehead atoms. The van der Waals surface area contributed by atoms with Crippen molar-refractivity contribution in [1.82, 2.24) is 0 Å². The van der Waals surface area contributed by atoms with Gasteiger partial charge < -0.3 is 0 Å². The van der Waals surface area contributed by atoms with E-state index in [9.17, 15) is 0 Å². The molecule has 0 saturated heterocycles. The number of alkyl halides is 1. The maximum absolute atomic E-state index is 3.76. The lowest BCUT2D eigenvalue weighted by molar-refractivity contribution is 0.312. The van der Waals surface area contributed by atoms with Crippen LogP contribution in [0.1, 0.15) is 29.7 Å². The van der Waals surface area contributed by atoms with Gasteiger partial charge in [-0.1, -0.05) is 52.7 Å². The van der Waals surface area contributed by atoms with Gasteiger partial charge in [0.1, 0.15) is 0 Å². The number of hydrogen-bond donors (Lipinski definition) is 0. The van der Waals surface area contributed by atoms with E-state index in [0.717, 1.165) is 5.92 Å². The van der Waals surface area contributed by atoms with Gasteiger partial charge in [-0.05, 0) is 24.3 Å². The molecule has 0 amide bonds. The molecule has 0 spiro atoms. The minimum Gasteiger partial charge on any atom is -0.0836 e. The van der Waals surface area contributed by atoms with Gasteiger partial charge in [-0.2, -0.15) is 0 Å². The van der Waals surface area contributed by atoms with Crippen LogP contribution >= 0.6 is 15.9 Å². The van der Waals surface area contributed by atoms with Crippen molar-refractivity contribution in [3.8, 4) is 0 Å². The Hall–Kier alpha value is -0.300. The van der Waals surface area contributed by atoms with Crippen molar-refractivity contribution in [3.63, 3.8) is 0 Å². The molecule has 0 heterocycles. The summed E-state index contributed by atoms with van der Waals surface area (Å²) in [5, 5.41) is 0. The zero-order valence-electron chi connectivity index (χ0n) is 7.04. The third-order valence-corrected chi connectivity index (χ3v) is 3.96. The van der Waals surface area contributed by atoms with Crippen LogP contribution in [0.2, 0.25) is 0 Å². The highest BCUT2D eigenvalue weighted by Gasteiger charge is 2.25. The Morgan fingerprint density at radius 2 is 1.83 bits per heavy atom. The molecule has 64 valence electrons. The van der Waals surface area contributed by atoms with Crippen molar-refractivity contribution < 1.29 is 0 Å². The van der Waals surface area contributed by atoms with E-state index in [4.69, 9.17) is 0 Å². The SMILES string of the molecule is BrC(c1ccccc1)C1CCC1. The van der Waals surface area contributed by atoms with E-state index < -0.39 is 0 Å². The van der Waals surface area contributed by atoms with Gasteiger partial charge in [0.25, 0.3) is 0 Å². The molecule has 0 radical (unpaired) electrons. The Morgan fingerprint density at radius 1 is 1.17 bits per heavy atom. The van der Waals surface area contributed by atoms with Crippen molar-refractivity contribution in [2.24, 2.45) is 5.92 Å². The van der Waals surface area contributed by atoms with Crippen molar-refractivity contribution in [1.29, 1.82) is 0 Å². The third-order valence-electron chi connectivity index (χ3n) is 2.68. The largest absolute Gasteiger partial charge is 0.0836 e. The first-order chi connectivity index (χ1) is 5.88. The van der Waals surface area contributed by atoms with Gasteiger partial charge in [-0.3, -0.25) is 0 Å². The van der Waals surface area contributed by atoms with Gasteiger partial charge in [-0.25, -0.2) is 0 Å². The van der Waals surface area contributed by atoms with Crippen LogP contribution in [0.5, 0.6) is 0 Å². The van der Waals surface area contributed by atoms with Crippen LogP contribution in [0, 0.1) is 5.92 Å². The van der Waals surface area contributed by atoms with E-state index in [0.29, 0.717) is 4.83 Å². The zero-order valence-corrected chi connectivity index (χ0v) is 8.63. The topological polar surface area (TPSA) is 0 Å². The first-order valence-electron chi connectivity index (χ1n) is 4.57. The lowest BCUT2D eigenvalue weighted by Crippen LogP contribution is -2.15. The number of benzene rings is 1. The molecule has 1 heteroatoms. The molecule has 0 N–H and O–H groups in total. The number of halogens is 1. The van der Waals surface area contributed by atoms with Gasteiger partial charge in [0.05, 0.1) is 0 Å². The Bertz CT molecular complexity index is 238. The molecule has 2 rings (SSSR count). The van der Waals surface area contributed by atoms with Crippen molar-refractivity contribution in [3.05, 3.63) is 35.9 Å². The van der Waals surface area contributed by atoms with Crippen LogP contribution in [-0.2, 0) is 0 Å². The fourth-order valence-corrected chi connectivity index (χ4v) is 2.48. The molecule has 1 aromatic rings. The van der Waals surface area contributed by atoms with Crippen LogP contribution in [0.25, 0.3) is 0 Å². The summed E-state index contributed by atoms with van der Waals surface area (Å²) in [7, 11) is 0. The molecule has 1 aliphatic carbocycles.